The minimum Gasteiger partial charge on any atom is -0.326 e. The number of rotatable bonds is 5. The number of likely N-dealkylation sites (N-methyl/N-ethyl adjacent to an activating group) is 1. The molecule has 0 saturated carbocycles. The molecule has 1 amide bonds. The molecule has 2 aromatic rings. The predicted molar refractivity (Wildman–Crippen MR) is 89.4 cm³/mol. The number of quaternary nitrogens is 1. The van der Waals surface area contributed by atoms with Crippen LogP contribution in [0.25, 0.3) is 0 Å². The van der Waals surface area contributed by atoms with Crippen molar-refractivity contribution in [2.75, 3.05) is 18.9 Å². The standard InChI is InChI=1S/C17H18BrFN2O/c1-12-3-8-16(15(18)9-12)20-17(22)11-21(2)10-13-4-6-14(19)7-5-13/h3-9H,10-11H2,1-2H3,(H,20,22)/p+1. The Hall–Kier alpha value is -1.72. The van der Waals surface area contributed by atoms with Crippen molar-refractivity contribution in [1.82, 2.24) is 0 Å². The molecule has 0 radical (unpaired) electrons. The highest BCUT2D eigenvalue weighted by Gasteiger charge is 2.12. The second-order valence-electron chi connectivity index (χ2n) is 5.47. The number of benzene rings is 2. The fourth-order valence-electron chi connectivity index (χ4n) is 2.20. The minimum absolute atomic E-state index is 0.0517. The third-order valence-corrected chi connectivity index (χ3v) is 3.94. The van der Waals surface area contributed by atoms with Crippen LogP contribution in [0.4, 0.5) is 10.1 Å². The summed E-state index contributed by atoms with van der Waals surface area (Å²) in [7, 11) is 1.94. The Kier molecular flexibility index (Phi) is 5.69. The van der Waals surface area contributed by atoms with Gasteiger partial charge in [-0.2, -0.15) is 0 Å². The molecule has 5 heteroatoms. The van der Waals surface area contributed by atoms with E-state index in [4.69, 9.17) is 0 Å². The first-order valence-electron chi connectivity index (χ1n) is 7.06. The Morgan fingerprint density at radius 2 is 1.91 bits per heavy atom. The lowest BCUT2D eigenvalue weighted by atomic mass is 10.2. The molecule has 1 atom stereocenters. The highest BCUT2D eigenvalue weighted by molar-refractivity contribution is 9.10. The number of carbonyl (C=O) groups is 1. The van der Waals surface area contributed by atoms with Gasteiger partial charge in [0.2, 0.25) is 0 Å². The lowest BCUT2D eigenvalue weighted by Crippen LogP contribution is -3.08. The number of nitrogens with one attached hydrogen (secondary N) is 2. The highest BCUT2D eigenvalue weighted by Crippen LogP contribution is 2.22. The van der Waals surface area contributed by atoms with Crippen LogP contribution in [0.5, 0.6) is 0 Å². The Balaban J connectivity index is 1.89. The number of carbonyl (C=O) groups excluding carboxylic acids is 1. The Morgan fingerprint density at radius 3 is 2.55 bits per heavy atom. The van der Waals surface area contributed by atoms with Crippen molar-refractivity contribution in [3.8, 4) is 0 Å². The third-order valence-electron chi connectivity index (χ3n) is 3.28. The molecule has 0 aromatic heterocycles. The molecule has 0 saturated heterocycles. The van der Waals surface area contributed by atoms with Crippen LogP contribution in [-0.4, -0.2) is 19.5 Å². The molecule has 0 spiro atoms. The number of amides is 1. The van der Waals surface area contributed by atoms with Gasteiger partial charge < -0.3 is 10.2 Å². The van der Waals surface area contributed by atoms with Gasteiger partial charge in [0.25, 0.3) is 5.91 Å². The Labute approximate surface area is 138 Å². The molecule has 0 aliphatic heterocycles. The zero-order valence-corrected chi connectivity index (χ0v) is 14.2. The van der Waals surface area contributed by atoms with Crippen LogP contribution in [0.2, 0.25) is 0 Å². The fourth-order valence-corrected chi connectivity index (χ4v) is 2.80. The van der Waals surface area contributed by atoms with Gasteiger partial charge in [0.05, 0.1) is 12.7 Å². The normalized spacial score (nSPS) is 12.0. The van der Waals surface area contributed by atoms with Crippen LogP contribution in [0, 0.1) is 12.7 Å². The van der Waals surface area contributed by atoms with Crippen molar-refractivity contribution in [1.29, 1.82) is 0 Å². The first kappa shape index (κ1) is 16.6. The second-order valence-corrected chi connectivity index (χ2v) is 6.32. The maximum Gasteiger partial charge on any atom is 0.279 e. The number of hydrogen-bond acceptors (Lipinski definition) is 1. The maximum absolute atomic E-state index is 12.9. The number of halogens is 2. The molecule has 2 aromatic carbocycles. The average molecular weight is 366 g/mol. The quantitative estimate of drug-likeness (QED) is 0.838. The Bertz CT molecular complexity index is 658. The average Bonchev–Trinajstić information content (AvgIpc) is 2.44. The van der Waals surface area contributed by atoms with Gasteiger partial charge in [-0.25, -0.2) is 4.39 Å². The third kappa shape index (κ3) is 4.93. The number of aryl methyl sites for hydroxylation is 1. The minimum atomic E-state index is -0.247. The van der Waals surface area contributed by atoms with Crippen molar-refractivity contribution in [2.45, 2.75) is 13.5 Å². The molecule has 0 aliphatic rings. The zero-order chi connectivity index (χ0) is 16.1. The van der Waals surface area contributed by atoms with E-state index in [0.29, 0.717) is 13.1 Å². The van der Waals surface area contributed by atoms with E-state index in [1.807, 2.05) is 32.2 Å². The SMILES string of the molecule is Cc1ccc(NC(=O)C[NH+](C)Cc2ccc(F)cc2)c(Br)c1. The zero-order valence-electron chi connectivity index (χ0n) is 12.6. The maximum atomic E-state index is 12.9. The van der Waals surface area contributed by atoms with Crippen molar-refractivity contribution in [3.63, 3.8) is 0 Å². The summed E-state index contributed by atoms with van der Waals surface area (Å²) in [5.41, 5.74) is 2.90. The van der Waals surface area contributed by atoms with E-state index in [0.717, 1.165) is 26.2 Å². The van der Waals surface area contributed by atoms with E-state index in [-0.39, 0.29) is 11.7 Å². The lowest BCUT2D eigenvalue weighted by molar-refractivity contribution is -0.885. The van der Waals surface area contributed by atoms with Gasteiger partial charge in [-0.3, -0.25) is 4.79 Å². The van der Waals surface area contributed by atoms with Crippen LogP contribution in [0.1, 0.15) is 11.1 Å². The van der Waals surface area contributed by atoms with Crippen LogP contribution in [0.3, 0.4) is 0 Å². The molecule has 0 fully saturated rings. The molecular weight excluding hydrogens is 347 g/mol. The molecule has 3 nitrogen and oxygen atoms in total. The summed E-state index contributed by atoms with van der Waals surface area (Å²) in [6.07, 6.45) is 0. The predicted octanol–water partition coefficient (Wildman–Crippen LogP) is 2.55. The van der Waals surface area contributed by atoms with Gasteiger partial charge in [0, 0.05) is 10.0 Å². The molecule has 22 heavy (non-hydrogen) atoms. The van der Waals surface area contributed by atoms with Crippen LogP contribution >= 0.6 is 15.9 Å². The van der Waals surface area contributed by atoms with Gasteiger partial charge in [0.15, 0.2) is 6.54 Å². The van der Waals surface area contributed by atoms with E-state index in [1.54, 1.807) is 12.1 Å². The van der Waals surface area contributed by atoms with Gasteiger partial charge >= 0.3 is 0 Å². The van der Waals surface area contributed by atoms with Gasteiger partial charge in [-0.05, 0) is 52.7 Å². The first-order valence-corrected chi connectivity index (χ1v) is 7.85. The fraction of sp³-hybridized carbons (Fsp3) is 0.235. The summed E-state index contributed by atoms with van der Waals surface area (Å²) in [5, 5.41) is 2.90. The molecule has 116 valence electrons. The smallest absolute Gasteiger partial charge is 0.279 e. The van der Waals surface area contributed by atoms with E-state index in [1.165, 1.54) is 12.1 Å². The summed E-state index contributed by atoms with van der Waals surface area (Å²) in [6.45, 7) is 3.01. The summed E-state index contributed by atoms with van der Waals surface area (Å²) in [4.78, 5) is 13.1. The largest absolute Gasteiger partial charge is 0.326 e. The molecule has 0 aliphatic carbocycles. The van der Waals surface area contributed by atoms with Crippen LogP contribution in [0.15, 0.2) is 46.9 Å². The molecule has 0 bridgehead atoms. The van der Waals surface area contributed by atoms with Crippen LogP contribution in [-0.2, 0) is 11.3 Å². The summed E-state index contributed by atoms with van der Waals surface area (Å²) < 4.78 is 13.7. The Morgan fingerprint density at radius 1 is 1.23 bits per heavy atom. The van der Waals surface area contributed by atoms with Crippen molar-refractivity contribution in [2.24, 2.45) is 0 Å². The van der Waals surface area contributed by atoms with Crippen molar-refractivity contribution < 1.29 is 14.1 Å². The number of anilines is 1. The van der Waals surface area contributed by atoms with E-state index >= 15 is 0 Å². The lowest BCUT2D eigenvalue weighted by Gasteiger charge is -2.14. The number of hydrogen-bond donors (Lipinski definition) is 2. The van der Waals surface area contributed by atoms with Gasteiger partial charge in [0.1, 0.15) is 12.4 Å². The van der Waals surface area contributed by atoms with E-state index in [9.17, 15) is 9.18 Å². The second kappa shape index (κ2) is 7.51. The summed E-state index contributed by atoms with van der Waals surface area (Å²) >= 11 is 3.45. The highest BCUT2D eigenvalue weighted by atomic mass is 79.9. The van der Waals surface area contributed by atoms with E-state index in [2.05, 4.69) is 21.2 Å². The topological polar surface area (TPSA) is 33.5 Å². The van der Waals surface area contributed by atoms with Gasteiger partial charge in [-0.1, -0.05) is 18.2 Å². The summed E-state index contributed by atoms with van der Waals surface area (Å²) in [6, 6.07) is 12.2. The van der Waals surface area contributed by atoms with Gasteiger partial charge in [-0.15, -0.1) is 0 Å². The summed E-state index contributed by atoms with van der Waals surface area (Å²) in [5.74, 6) is -0.299. The first-order chi connectivity index (χ1) is 10.4. The van der Waals surface area contributed by atoms with Crippen molar-refractivity contribution >= 4 is 27.5 Å². The van der Waals surface area contributed by atoms with Crippen molar-refractivity contribution in [3.05, 3.63) is 63.9 Å². The molecule has 2 rings (SSSR count). The van der Waals surface area contributed by atoms with Crippen LogP contribution < -0.4 is 10.2 Å². The molecule has 0 heterocycles. The molecule has 2 N–H and O–H groups in total. The molecule has 1 unspecified atom stereocenters. The monoisotopic (exact) mass is 365 g/mol. The molecular formula is C17H19BrFN2O+. The van der Waals surface area contributed by atoms with E-state index < -0.39 is 0 Å².